The highest BCUT2D eigenvalue weighted by Crippen LogP contribution is 2.68. The van der Waals surface area contributed by atoms with Crippen molar-refractivity contribution in [3.8, 4) is 0 Å². The Kier molecular flexibility index (Phi) is 8.03. The molecule has 11 atom stereocenters. The van der Waals surface area contributed by atoms with Crippen LogP contribution in [0.1, 0.15) is 85.0 Å². The third-order valence-corrected chi connectivity index (χ3v) is 11.2. The number of nitrogens with two attached hydrogens (primary N) is 1. The number of rotatable bonds is 8. The Morgan fingerprint density at radius 2 is 1.88 bits per heavy atom. The highest BCUT2D eigenvalue weighted by molar-refractivity contribution is 5.69. The first-order valence-corrected chi connectivity index (χ1v) is 13.9. The Labute approximate surface area is 206 Å². The van der Waals surface area contributed by atoms with Gasteiger partial charge in [0.2, 0.25) is 0 Å². The number of methoxy groups -OCH3 is 1. The van der Waals surface area contributed by atoms with E-state index in [2.05, 4.69) is 20.8 Å². The van der Waals surface area contributed by atoms with Crippen molar-refractivity contribution in [3.05, 3.63) is 0 Å². The summed E-state index contributed by atoms with van der Waals surface area (Å²) in [6.07, 6.45) is 8.78. The van der Waals surface area contributed by atoms with Gasteiger partial charge < -0.3 is 25.4 Å². The van der Waals surface area contributed by atoms with Gasteiger partial charge in [-0.3, -0.25) is 4.79 Å². The van der Waals surface area contributed by atoms with E-state index in [1.54, 1.807) is 0 Å². The van der Waals surface area contributed by atoms with Crippen molar-refractivity contribution in [2.24, 2.45) is 52.1 Å². The molecule has 3 unspecified atom stereocenters. The summed E-state index contributed by atoms with van der Waals surface area (Å²) in [5.41, 5.74) is 5.61. The minimum absolute atomic E-state index is 0.153. The summed E-state index contributed by atoms with van der Waals surface area (Å²) in [7, 11) is 1.45. The molecule has 0 aromatic carbocycles. The van der Waals surface area contributed by atoms with Gasteiger partial charge in [0.25, 0.3) is 0 Å². The van der Waals surface area contributed by atoms with E-state index in [0.717, 1.165) is 64.4 Å². The molecule has 4 N–H and O–H groups in total. The molecule has 4 rings (SSSR count). The first kappa shape index (κ1) is 26.4. The van der Waals surface area contributed by atoms with Crippen molar-refractivity contribution in [1.29, 1.82) is 0 Å². The fourth-order valence-corrected chi connectivity index (χ4v) is 9.25. The molecule has 4 saturated carbocycles. The molecule has 4 aliphatic carbocycles. The largest absolute Gasteiger partial charge is 0.469 e. The van der Waals surface area contributed by atoms with Gasteiger partial charge in [-0.1, -0.05) is 20.8 Å². The topological polar surface area (TPSA) is 102 Å². The van der Waals surface area contributed by atoms with Gasteiger partial charge in [-0.25, -0.2) is 0 Å². The average Bonchev–Trinajstić information content (AvgIpc) is 3.17. The second-order valence-corrected chi connectivity index (χ2v) is 12.6. The maximum atomic E-state index is 11.7. The van der Waals surface area contributed by atoms with Crippen LogP contribution in [0.15, 0.2) is 0 Å². The van der Waals surface area contributed by atoms with E-state index in [1.807, 2.05) is 0 Å². The Bertz CT molecular complexity index is 717. The number of carbonyl (C=O) groups excluding carboxylic acids is 1. The normalized spacial score (nSPS) is 46.8. The van der Waals surface area contributed by atoms with Gasteiger partial charge in [-0.05, 0) is 111 Å². The van der Waals surface area contributed by atoms with Crippen LogP contribution >= 0.6 is 0 Å². The third kappa shape index (κ3) is 4.46. The summed E-state index contributed by atoms with van der Waals surface area (Å²) in [6, 6.07) is 0. The van der Waals surface area contributed by atoms with Gasteiger partial charge >= 0.3 is 5.97 Å². The van der Waals surface area contributed by atoms with E-state index in [1.165, 1.54) is 7.11 Å². The summed E-state index contributed by atoms with van der Waals surface area (Å²) < 4.78 is 11.0. The zero-order valence-electron chi connectivity index (χ0n) is 21.9. The minimum atomic E-state index is -0.354. The molecule has 0 bridgehead atoms. The molecule has 0 spiro atoms. The first-order chi connectivity index (χ1) is 16.2. The van der Waals surface area contributed by atoms with Crippen molar-refractivity contribution >= 4 is 5.97 Å². The van der Waals surface area contributed by atoms with E-state index in [0.29, 0.717) is 42.6 Å². The van der Waals surface area contributed by atoms with Crippen LogP contribution < -0.4 is 5.73 Å². The van der Waals surface area contributed by atoms with Crippen LogP contribution in [0.25, 0.3) is 0 Å². The molecule has 4 aliphatic rings. The summed E-state index contributed by atoms with van der Waals surface area (Å²) >= 11 is 0. The minimum Gasteiger partial charge on any atom is -0.469 e. The van der Waals surface area contributed by atoms with Crippen molar-refractivity contribution < 1.29 is 24.5 Å². The molecule has 0 radical (unpaired) electrons. The number of carbonyl (C=O) groups is 1. The molecule has 6 heteroatoms. The van der Waals surface area contributed by atoms with E-state index >= 15 is 0 Å². The maximum Gasteiger partial charge on any atom is 0.305 e. The van der Waals surface area contributed by atoms with E-state index in [9.17, 15) is 15.0 Å². The van der Waals surface area contributed by atoms with E-state index in [-0.39, 0.29) is 41.0 Å². The molecular weight excluding hydrogens is 430 g/mol. The Morgan fingerprint density at radius 3 is 2.59 bits per heavy atom. The smallest absolute Gasteiger partial charge is 0.305 e. The van der Waals surface area contributed by atoms with Crippen molar-refractivity contribution in [1.82, 2.24) is 0 Å². The lowest BCUT2D eigenvalue weighted by Gasteiger charge is -2.63. The van der Waals surface area contributed by atoms with Gasteiger partial charge in [-0.2, -0.15) is 0 Å². The summed E-state index contributed by atoms with van der Waals surface area (Å²) in [5, 5.41) is 23.2. The third-order valence-electron chi connectivity index (χ3n) is 11.2. The molecule has 0 aliphatic heterocycles. The second kappa shape index (κ2) is 10.4. The van der Waals surface area contributed by atoms with Crippen molar-refractivity contribution in [2.45, 2.75) is 103 Å². The van der Waals surface area contributed by atoms with Gasteiger partial charge in [0.15, 0.2) is 0 Å². The van der Waals surface area contributed by atoms with Crippen LogP contribution in [0.3, 0.4) is 0 Å². The molecule has 4 fully saturated rings. The number of fused-ring (bicyclic) bond motifs is 5. The monoisotopic (exact) mass is 479 g/mol. The Balaban J connectivity index is 1.50. The molecule has 6 nitrogen and oxygen atoms in total. The number of ether oxygens (including phenoxy) is 2. The molecule has 0 aromatic heterocycles. The highest BCUT2D eigenvalue weighted by Gasteiger charge is 2.65. The lowest BCUT2D eigenvalue weighted by molar-refractivity contribution is -0.209. The zero-order chi connectivity index (χ0) is 24.7. The SMILES string of the molecule is COC(=O)CCC(C)C1CC[C@H]2[C@@H]3C(O)C[C@@H]4C[C@H](OCCCN)CC[C@]4(C)[C@H]3C[C@H](O)[C@]12C. The molecule has 0 amide bonds. The van der Waals surface area contributed by atoms with Crippen LogP contribution in [-0.2, 0) is 14.3 Å². The molecule has 0 aromatic rings. The molecular formula is C28H49NO5. The number of hydrogen-bond donors (Lipinski definition) is 3. The standard InChI is InChI=1S/C28H49NO5/c1-17(6-9-25(32)33-4)20-7-8-21-26-22(16-24(31)28(20,21)3)27(2)11-10-19(34-13-5-12-29)14-18(27)15-23(26)30/h17-24,26,30-31H,5-16,29H2,1-4H3/t17?,18-,19+,20?,21-,22-,23?,24-,26-,27-,28+/m0/s1. The van der Waals surface area contributed by atoms with Crippen molar-refractivity contribution in [3.63, 3.8) is 0 Å². The van der Waals surface area contributed by atoms with E-state index < -0.39 is 0 Å². The molecule has 0 heterocycles. The van der Waals surface area contributed by atoms with Gasteiger partial charge in [-0.15, -0.1) is 0 Å². The quantitative estimate of drug-likeness (QED) is 0.360. The Morgan fingerprint density at radius 1 is 1.12 bits per heavy atom. The van der Waals surface area contributed by atoms with Crippen LogP contribution in [-0.4, -0.2) is 54.8 Å². The van der Waals surface area contributed by atoms with Crippen molar-refractivity contribution in [2.75, 3.05) is 20.3 Å². The number of aliphatic hydroxyl groups excluding tert-OH is 2. The molecule has 0 saturated heterocycles. The lowest BCUT2D eigenvalue weighted by atomic mass is 9.43. The first-order valence-electron chi connectivity index (χ1n) is 13.9. The second-order valence-electron chi connectivity index (χ2n) is 12.6. The molecule has 196 valence electrons. The van der Waals surface area contributed by atoms with Crippen LogP contribution in [0.2, 0.25) is 0 Å². The average molecular weight is 480 g/mol. The number of aliphatic hydroxyl groups is 2. The summed E-state index contributed by atoms with van der Waals surface area (Å²) in [6.45, 7) is 8.36. The predicted octanol–water partition coefficient (Wildman–Crippen LogP) is 3.91. The maximum absolute atomic E-state index is 11.7. The van der Waals surface area contributed by atoms with Crippen LogP contribution in [0.4, 0.5) is 0 Å². The van der Waals surface area contributed by atoms with Crippen LogP contribution in [0, 0.1) is 46.3 Å². The molecule has 34 heavy (non-hydrogen) atoms. The summed E-state index contributed by atoms with van der Waals surface area (Å²) in [4.78, 5) is 11.7. The fraction of sp³-hybridized carbons (Fsp3) is 0.964. The van der Waals surface area contributed by atoms with Gasteiger partial charge in [0.05, 0.1) is 25.4 Å². The summed E-state index contributed by atoms with van der Waals surface area (Å²) in [5.74, 6) is 2.00. The van der Waals surface area contributed by atoms with Gasteiger partial charge in [0, 0.05) is 13.0 Å². The lowest BCUT2D eigenvalue weighted by Crippen LogP contribution is -2.62. The van der Waals surface area contributed by atoms with Gasteiger partial charge in [0.1, 0.15) is 0 Å². The zero-order valence-corrected chi connectivity index (χ0v) is 21.9. The fourth-order valence-electron chi connectivity index (χ4n) is 9.25. The highest BCUT2D eigenvalue weighted by atomic mass is 16.5. The number of hydrogen-bond acceptors (Lipinski definition) is 6. The van der Waals surface area contributed by atoms with E-state index in [4.69, 9.17) is 15.2 Å². The van der Waals surface area contributed by atoms with Crippen LogP contribution in [0.5, 0.6) is 0 Å². The predicted molar refractivity (Wildman–Crippen MR) is 132 cm³/mol. The number of esters is 1. The Hall–Kier alpha value is -0.690.